The summed E-state index contributed by atoms with van der Waals surface area (Å²) in [6, 6.07) is 13.6. The molecule has 1 aromatic heterocycles. The number of rotatable bonds is 13. The molecule has 3 aromatic rings. The summed E-state index contributed by atoms with van der Waals surface area (Å²) in [6.07, 6.45) is 5.14. The van der Waals surface area contributed by atoms with Crippen molar-refractivity contribution in [3.63, 3.8) is 0 Å². The SMILES string of the molecule is COC(C)CNC(=S)NCCN1CCN(c2ccc(OCC3COC(Cn4ccnc4)(c4ccc(Cl)cc4Cl)O3)cc2)CC1. The number of thiocarbonyl (C=S) groups is 1. The first-order valence-electron chi connectivity index (χ1n) is 14.8. The molecule has 2 N–H and O–H groups in total. The highest BCUT2D eigenvalue weighted by Gasteiger charge is 2.45. The fraction of sp³-hybridized carbons (Fsp3) is 0.484. The van der Waals surface area contributed by atoms with Crippen LogP contribution in [-0.4, -0.2) is 97.9 Å². The van der Waals surface area contributed by atoms with E-state index in [2.05, 4.69) is 37.6 Å². The van der Waals surface area contributed by atoms with E-state index in [-0.39, 0.29) is 12.2 Å². The standard InChI is InChI=1S/C31H40Cl2N6O4S/c1-23(40-2)18-36-30(44)35-10-12-37-13-15-39(16-14-37)25-4-6-26(7-5-25)41-19-27-20-42-31(43-27,21-38-11-9-34-22-38)28-8-3-24(32)17-29(28)33/h3-9,11,17,22-23,27H,10,12-16,18-21H2,1-2H3,(H2,35,36,44). The third-order valence-electron chi connectivity index (χ3n) is 7.83. The number of nitrogens with one attached hydrogen (secondary N) is 2. The maximum atomic E-state index is 6.58. The second-order valence-electron chi connectivity index (χ2n) is 11.0. The van der Waals surface area contributed by atoms with Crippen LogP contribution in [0.4, 0.5) is 5.69 Å². The molecule has 2 aliphatic heterocycles. The van der Waals surface area contributed by atoms with Gasteiger partial charge in [-0.05, 0) is 55.5 Å². The number of piperazine rings is 1. The first-order valence-corrected chi connectivity index (χ1v) is 16.0. The minimum absolute atomic E-state index is 0.124. The molecule has 13 heteroatoms. The number of aromatic nitrogens is 2. The van der Waals surface area contributed by atoms with Crippen molar-refractivity contribution in [3.05, 3.63) is 76.8 Å². The first kappa shape index (κ1) is 32.7. The number of anilines is 1. The lowest BCUT2D eigenvalue weighted by Crippen LogP contribution is -2.49. The number of imidazole rings is 1. The van der Waals surface area contributed by atoms with Gasteiger partial charge in [-0.3, -0.25) is 4.90 Å². The van der Waals surface area contributed by atoms with Crippen molar-refractivity contribution >= 4 is 46.2 Å². The van der Waals surface area contributed by atoms with Crippen LogP contribution in [0.25, 0.3) is 0 Å². The van der Waals surface area contributed by atoms with Crippen LogP contribution in [0.3, 0.4) is 0 Å². The van der Waals surface area contributed by atoms with Crippen molar-refractivity contribution in [2.75, 3.05) is 71.0 Å². The lowest BCUT2D eigenvalue weighted by molar-refractivity contribution is -0.189. The summed E-state index contributed by atoms with van der Waals surface area (Å²) in [6.45, 7) is 9.48. The van der Waals surface area contributed by atoms with Gasteiger partial charge in [-0.1, -0.05) is 29.3 Å². The zero-order valence-electron chi connectivity index (χ0n) is 25.1. The second kappa shape index (κ2) is 15.6. The molecule has 0 spiro atoms. The summed E-state index contributed by atoms with van der Waals surface area (Å²) in [7, 11) is 1.70. The van der Waals surface area contributed by atoms with Crippen molar-refractivity contribution in [2.24, 2.45) is 0 Å². The Bertz CT molecular complexity index is 1340. The molecule has 2 fully saturated rings. The van der Waals surface area contributed by atoms with Gasteiger partial charge in [-0.2, -0.15) is 0 Å². The molecule has 0 aliphatic carbocycles. The number of benzene rings is 2. The molecule has 3 atom stereocenters. The van der Waals surface area contributed by atoms with Gasteiger partial charge in [-0.25, -0.2) is 4.98 Å². The average Bonchev–Trinajstić information content (AvgIpc) is 3.70. The van der Waals surface area contributed by atoms with Gasteiger partial charge in [0.2, 0.25) is 5.79 Å². The highest BCUT2D eigenvalue weighted by atomic mass is 35.5. The van der Waals surface area contributed by atoms with Gasteiger partial charge in [0.1, 0.15) is 18.5 Å². The third kappa shape index (κ3) is 8.75. The molecule has 3 unspecified atom stereocenters. The van der Waals surface area contributed by atoms with Crippen LogP contribution in [0.2, 0.25) is 10.0 Å². The molecular formula is C31H40Cl2N6O4S. The van der Waals surface area contributed by atoms with E-state index in [1.165, 1.54) is 5.69 Å². The molecule has 3 heterocycles. The predicted octanol–water partition coefficient (Wildman–Crippen LogP) is 4.16. The molecule has 0 amide bonds. The predicted molar refractivity (Wildman–Crippen MR) is 177 cm³/mol. The first-order chi connectivity index (χ1) is 21.3. The summed E-state index contributed by atoms with van der Waals surface area (Å²) in [4.78, 5) is 9.01. The van der Waals surface area contributed by atoms with E-state index in [0.717, 1.165) is 45.0 Å². The molecule has 0 saturated carbocycles. The molecule has 238 valence electrons. The Balaban J connectivity index is 1.07. The van der Waals surface area contributed by atoms with Crippen molar-refractivity contribution < 1.29 is 18.9 Å². The van der Waals surface area contributed by atoms with Gasteiger partial charge in [0.25, 0.3) is 0 Å². The molecule has 2 saturated heterocycles. The summed E-state index contributed by atoms with van der Waals surface area (Å²) in [5.74, 6) is -0.299. The van der Waals surface area contributed by atoms with Crippen LogP contribution in [0.5, 0.6) is 5.75 Å². The van der Waals surface area contributed by atoms with E-state index in [0.29, 0.717) is 47.0 Å². The van der Waals surface area contributed by atoms with E-state index in [1.54, 1.807) is 31.8 Å². The van der Waals surface area contributed by atoms with Crippen molar-refractivity contribution in [1.29, 1.82) is 0 Å². The van der Waals surface area contributed by atoms with E-state index in [1.807, 2.05) is 35.9 Å². The van der Waals surface area contributed by atoms with E-state index >= 15 is 0 Å². The monoisotopic (exact) mass is 662 g/mol. The van der Waals surface area contributed by atoms with Crippen LogP contribution in [0, 0.1) is 0 Å². The molecule has 44 heavy (non-hydrogen) atoms. The lowest BCUT2D eigenvalue weighted by Gasteiger charge is -2.36. The number of hydrogen-bond acceptors (Lipinski definition) is 8. The number of ether oxygens (including phenoxy) is 4. The van der Waals surface area contributed by atoms with Crippen LogP contribution < -0.4 is 20.3 Å². The number of hydrogen-bond donors (Lipinski definition) is 2. The van der Waals surface area contributed by atoms with Gasteiger partial charge in [0, 0.05) is 81.6 Å². The van der Waals surface area contributed by atoms with Crippen molar-refractivity contribution in [2.45, 2.75) is 31.5 Å². The van der Waals surface area contributed by atoms with Gasteiger partial charge in [-0.15, -0.1) is 0 Å². The largest absolute Gasteiger partial charge is 0.491 e. The van der Waals surface area contributed by atoms with E-state index < -0.39 is 5.79 Å². The third-order valence-corrected chi connectivity index (χ3v) is 8.66. The summed E-state index contributed by atoms with van der Waals surface area (Å²) in [5.41, 5.74) is 1.90. The molecule has 2 aliphatic rings. The Hall–Kier alpha value is -2.64. The fourth-order valence-corrected chi connectivity index (χ4v) is 5.99. The fourth-order valence-electron chi connectivity index (χ4n) is 5.26. The highest BCUT2D eigenvalue weighted by molar-refractivity contribution is 7.80. The average molecular weight is 664 g/mol. The van der Waals surface area contributed by atoms with Gasteiger partial charge < -0.3 is 39.0 Å². The minimum Gasteiger partial charge on any atom is -0.491 e. The topological polar surface area (TPSA) is 85.3 Å². The Morgan fingerprint density at radius 2 is 1.93 bits per heavy atom. The maximum absolute atomic E-state index is 6.58. The quantitative estimate of drug-likeness (QED) is 0.260. The Kier molecular flexibility index (Phi) is 11.6. The van der Waals surface area contributed by atoms with Gasteiger partial charge in [0.05, 0.1) is 30.6 Å². The van der Waals surface area contributed by atoms with Crippen LogP contribution in [0.15, 0.2) is 61.2 Å². The smallest absolute Gasteiger partial charge is 0.215 e. The van der Waals surface area contributed by atoms with E-state index in [9.17, 15) is 0 Å². The van der Waals surface area contributed by atoms with Gasteiger partial charge >= 0.3 is 0 Å². The van der Waals surface area contributed by atoms with Crippen molar-refractivity contribution in [3.8, 4) is 5.75 Å². The summed E-state index contributed by atoms with van der Waals surface area (Å²) in [5, 5.41) is 8.17. The van der Waals surface area contributed by atoms with Crippen molar-refractivity contribution in [1.82, 2.24) is 25.1 Å². The zero-order chi connectivity index (χ0) is 30.9. The molecule has 0 bridgehead atoms. The number of nitrogens with zero attached hydrogens (tertiary/aromatic N) is 4. The Morgan fingerprint density at radius 3 is 2.64 bits per heavy atom. The van der Waals surface area contributed by atoms with Crippen LogP contribution in [0.1, 0.15) is 12.5 Å². The molecule has 5 rings (SSSR count). The Morgan fingerprint density at radius 1 is 1.14 bits per heavy atom. The molecule has 0 radical (unpaired) electrons. The summed E-state index contributed by atoms with van der Waals surface area (Å²) >= 11 is 18.1. The van der Waals surface area contributed by atoms with Crippen LogP contribution >= 0.6 is 35.4 Å². The molecule has 10 nitrogen and oxygen atoms in total. The van der Waals surface area contributed by atoms with Crippen LogP contribution in [-0.2, 0) is 26.5 Å². The highest BCUT2D eigenvalue weighted by Crippen LogP contribution is 2.40. The zero-order valence-corrected chi connectivity index (χ0v) is 27.4. The second-order valence-corrected chi connectivity index (χ2v) is 12.2. The molecular weight excluding hydrogens is 623 g/mol. The normalized spacial score (nSPS) is 21.3. The molecule has 2 aromatic carbocycles. The van der Waals surface area contributed by atoms with Gasteiger partial charge in [0.15, 0.2) is 5.11 Å². The minimum atomic E-state index is -1.08. The Labute approximate surface area is 274 Å². The van der Waals surface area contributed by atoms with E-state index in [4.69, 9.17) is 54.4 Å². The lowest BCUT2D eigenvalue weighted by atomic mass is 10.1. The number of methoxy groups -OCH3 is 1. The maximum Gasteiger partial charge on any atom is 0.215 e. The number of halogens is 2. The summed E-state index contributed by atoms with van der Waals surface area (Å²) < 4.78 is 26.0.